The second kappa shape index (κ2) is 5.87. The molecule has 4 nitrogen and oxygen atoms in total. The van der Waals surface area contributed by atoms with Gasteiger partial charge in [-0.25, -0.2) is 12.8 Å². The third-order valence-electron chi connectivity index (χ3n) is 2.75. The number of halogens is 1. The SMILES string of the molecule is CS(=O)(=O)c1csc(CC(=O)C(=O)c2ccc(F)cc2)c1. The van der Waals surface area contributed by atoms with Gasteiger partial charge >= 0.3 is 0 Å². The molecule has 2 aromatic rings. The molecular weight excluding hydrogens is 315 g/mol. The molecule has 0 spiro atoms. The van der Waals surface area contributed by atoms with E-state index < -0.39 is 27.2 Å². The van der Waals surface area contributed by atoms with E-state index in [0.717, 1.165) is 29.7 Å². The molecule has 0 N–H and O–H groups in total. The van der Waals surface area contributed by atoms with Crippen molar-refractivity contribution in [1.82, 2.24) is 0 Å². The van der Waals surface area contributed by atoms with Crippen molar-refractivity contribution in [3.8, 4) is 0 Å². The van der Waals surface area contributed by atoms with Crippen LogP contribution in [0.1, 0.15) is 15.2 Å². The second-order valence-electron chi connectivity index (χ2n) is 4.46. The molecule has 1 heterocycles. The van der Waals surface area contributed by atoms with E-state index in [1.165, 1.54) is 23.6 Å². The summed E-state index contributed by atoms with van der Waals surface area (Å²) < 4.78 is 35.4. The molecule has 1 aromatic carbocycles. The monoisotopic (exact) mass is 326 g/mol. The molecular formula is C14H11FO4S2. The van der Waals surface area contributed by atoms with Crippen molar-refractivity contribution in [1.29, 1.82) is 0 Å². The number of hydrogen-bond acceptors (Lipinski definition) is 5. The molecule has 0 atom stereocenters. The lowest BCUT2D eigenvalue weighted by Crippen LogP contribution is -2.16. The average molecular weight is 326 g/mol. The lowest BCUT2D eigenvalue weighted by Gasteiger charge is -1.99. The van der Waals surface area contributed by atoms with Crippen molar-refractivity contribution in [2.24, 2.45) is 0 Å². The Hall–Kier alpha value is -1.86. The van der Waals surface area contributed by atoms with Crippen molar-refractivity contribution >= 4 is 32.7 Å². The van der Waals surface area contributed by atoms with Crippen molar-refractivity contribution < 1.29 is 22.4 Å². The minimum atomic E-state index is -3.32. The first-order valence-electron chi connectivity index (χ1n) is 5.88. The quantitative estimate of drug-likeness (QED) is 0.624. The number of hydrogen-bond donors (Lipinski definition) is 0. The highest BCUT2D eigenvalue weighted by atomic mass is 32.2. The normalized spacial score (nSPS) is 11.3. The minimum absolute atomic E-state index is 0.112. The summed E-state index contributed by atoms with van der Waals surface area (Å²) in [5.74, 6) is -1.87. The van der Waals surface area contributed by atoms with Gasteiger partial charge in [0, 0.05) is 28.5 Å². The largest absolute Gasteiger partial charge is 0.290 e. The zero-order valence-corrected chi connectivity index (χ0v) is 12.6. The van der Waals surface area contributed by atoms with Crippen LogP contribution in [0.4, 0.5) is 4.39 Å². The summed E-state index contributed by atoms with van der Waals surface area (Å²) in [7, 11) is -3.32. The Balaban J connectivity index is 2.13. The van der Waals surface area contributed by atoms with E-state index in [1.807, 2.05) is 0 Å². The van der Waals surface area contributed by atoms with Gasteiger partial charge in [-0.05, 0) is 30.3 Å². The maximum atomic E-state index is 12.8. The maximum absolute atomic E-state index is 12.8. The van der Waals surface area contributed by atoms with Crippen LogP contribution in [0.15, 0.2) is 40.6 Å². The number of thiophene rings is 1. The highest BCUT2D eigenvalue weighted by Gasteiger charge is 2.19. The van der Waals surface area contributed by atoms with Crippen molar-refractivity contribution in [3.63, 3.8) is 0 Å². The van der Waals surface area contributed by atoms with Crippen LogP contribution < -0.4 is 0 Å². The molecule has 0 amide bonds. The molecule has 0 fully saturated rings. The maximum Gasteiger partial charge on any atom is 0.228 e. The lowest BCUT2D eigenvalue weighted by atomic mass is 10.1. The fraction of sp³-hybridized carbons (Fsp3) is 0.143. The van der Waals surface area contributed by atoms with Crippen LogP contribution in [-0.2, 0) is 21.1 Å². The van der Waals surface area contributed by atoms with Gasteiger partial charge < -0.3 is 0 Å². The van der Waals surface area contributed by atoms with E-state index in [0.29, 0.717) is 4.88 Å². The number of benzene rings is 1. The van der Waals surface area contributed by atoms with Gasteiger partial charge in [0.05, 0.1) is 4.90 Å². The Morgan fingerprint density at radius 3 is 2.33 bits per heavy atom. The summed E-state index contributed by atoms with van der Waals surface area (Å²) in [5.41, 5.74) is 0.112. The number of ketones is 2. The van der Waals surface area contributed by atoms with Crippen LogP contribution in [0, 0.1) is 5.82 Å². The van der Waals surface area contributed by atoms with Gasteiger partial charge in [-0.3, -0.25) is 9.59 Å². The smallest absolute Gasteiger partial charge is 0.228 e. The van der Waals surface area contributed by atoms with E-state index in [4.69, 9.17) is 0 Å². The van der Waals surface area contributed by atoms with Crippen LogP contribution in [0.3, 0.4) is 0 Å². The summed E-state index contributed by atoms with van der Waals surface area (Å²) in [6.07, 6.45) is 0.903. The number of rotatable bonds is 5. The van der Waals surface area contributed by atoms with E-state index >= 15 is 0 Å². The van der Waals surface area contributed by atoms with E-state index in [-0.39, 0.29) is 16.9 Å². The van der Waals surface area contributed by atoms with Gasteiger partial charge in [-0.2, -0.15) is 0 Å². The third kappa shape index (κ3) is 3.83. The molecule has 7 heteroatoms. The third-order valence-corrected chi connectivity index (χ3v) is 4.93. The minimum Gasteiger partial charge on any atom is -0.290 e. The topological polar surface area (TPSA) is 68.3 Å². The van der Waals surface area contributed by atoms with E-state index in [2.05, 4.69) is 0 Å². The molecule has 0 aliphatic rings. The predicted octanol–water partition coefficient (Wildman–Crippen LogP) is 2.29. The highest BCUT2D eigenvalue weighted by molar-refractivity contribution is 7.90. The Morgan fingerprint density at radius 1 is 1.19 bits per heavy atom. The van der Waals surface area contributed by atoms with Gasteiger partial charge in [0.2, 0.25) is 11.6 Å². The number of carbonyl (C=O) groups excluding carboxylic acids is 2. The fourth-order valence-corrected chi connectivity index (χ4v) is 3.67. The molecule has 0 radical (unpaired) electrons. The van der Waals surface area contributed by atoms with Crippen molar-refractivity contribution in [2.45, 2.75) is 11.3 Å². The van der Waals surface area contributed by atoms with Gasteiger partial charge in [-0.15, -0.1) is 11.3 Å². The van der Waals surface area contributed by atoms with Crippen molar-refractivity contribution in [2.75, 3.05) is 6.26 Å². The molecule has 0 unspecified atom stereocenters. The van der Waals surface area contributed by atoms with Crippen LogP contribution in [0.5, 0.6) is 0 Å². The fourth-order valence-electron chi connectivity index (χ4n) is 1.65. The molecule has 21 heavy (non-hydrogen) atoms. The molecule has 1 aromatic heterocycles. The zero-order chi connectivity index (χ0) is 15.6. The van der Waals surface area contributed by atoms with Gasteiger partial charge in [0.15, 0.2) is 9.84 Å². The lowest BCUT2D eigenvalue weighted by molar-refractivity contribution is -0.114. The molecule has 0 aliphatic heterocycles. The summed E-state index contributed by atoms with van der Waals surface area (Å²) in [6, 6.07) is 6.08. The van der Waals surface area contributed by atoms with Crippen LogP contribution in [0.25, 0.3) is 0 Å². The number of Topliss-reactive ketones (excluding diaryl/α,β-unsaturated/α-hetero) is 2. The highest BCUT2D eigenvalue weighted by Crippen LogP contribution is 2.20. The van der Waals surface area contributed by atoms with E-state index in [9.17, 15) is 22.4 Å². The first-order chi connectivity index (χ1) is 9.77. The Labute approximate surface area is 125 Å². The summed E-state index contributed by atoms with van der Waals surface area (Å²) in [4.78, 5) is 24.4. The predicted molar refractivity (Wildman–Crippen MR) is 76.9 cm³/mol. The van der Waals surface area contributed by atoms with E-state index in [1.54, 1.807) is 0 Å². The molecule has 2 rings (SSSR count). The standard InChI is InChI=1S/C14H11FO4S2/c1-21(18,19)12-6-11(20-8-12)7-13(16)14(17)9-2-4-10(15)5-3-9/h2-6,8H,7H2,1H3. The van der Waals surface area contributed by atoms with Crippen LogP contribution in [0.2, 0.25) is 0 Å². The molecule has 0 saturated carbocycles. The van der Waals surface area contributed by atoms with Gasteiger partial charge in [0.1, 0.15) is 5.82 Å². The van der Waals surface area contributed by atoms with Crippen molar-refractivity contribution in [3.05, 3.63) is 52.0 Å². The number of carbonyl (C=O) groups is 2. The Morgan fingerprint density at radius 2 is 1.81 bits per heavy atom. The average Bonchev–Trinajstić information content (AvgIpc) is 2.87. The molecule has 0 bridgehead atoms. The molecule has 0 saturated heterocycles. The summed E-state index contributed by atoms with van der Waals surface area (Å²) in [5, 5.41) is 1.43. The summed E-state index contributed by atoms with van der Waals surface area (Å²) in [6.45, 7) is 0. The second-order valence-corrected chi connectivity index (χ2v) is 7.47. The number of sulfone groups is 1. The molecule has 0 aliphatic carbocycles. The van der Waals surface area contributed by atoms with Gasteiger partial charge in [-0.1, -0.05) is 0 Å². The molecule has 110 valence electrons. The Kier molecular flexibility index (Phi) is 4.34. The van der Waals surface area contributed by atoms with Crippen LogP contribution >= 0.6 is 11.3 Å². The first-order valence-corrected chi connectivity index (χ1v) is 8.65. The summed E-state index contributed by atoms with van der Waals surface area (Å²) >= 11 is 1.11. The van der Waals surface area contributed by atoms with Crippen LogP contribution in [-0.4, -0.2) is 26.2 Å². The Bertz CT molecular complexity index is 789. The van der Waals surface area contributed by atoms with Gasteiger partial charge in [0.25, 0.3) is 0 Å². The zero-order valence-electron chi connectivity index (χ0n) is 11.0. The first kappa shape index (κ1) is 15.5.